The summed E-state index contributed by atoms with van der Waals surface area (Å²) in [6, 6.07) is 3.84. The number of halogens is 2. The van der Waals surface area contributed by atoms with E-state index in [2.05, 4.69) is 5.32 Å². The lowest BCUT2D eigenvalue weighted by Crippen LogP contribution is -2.49. The van der Waals surface area contributed by atoms with Crippen LogP contribution in [0.25, 0.3) is 0 Å². The number of aliphatic hydroxyl groups is 1. The van der Waals surface area contributed by atoms with Gasteiger partial charge in [-0.1, -0.05) is 11.6 Å². The zero-order chi connectivity index (χ0) is 18.7. The van der Waals surface area contributed by atoms with Gasteiger partial charge in [-0.3, -0.25) is 4.79 Å². The Balaban J connectivity index is 1.55. The van der Waals surface area contributed by atoms with E-state index < -0.39 is 23.6 Å². The van der Waals surface area contributed by atoms with Gasteiger partial charge in [0.2, 0.25) is 0 Å². The van der Waals surface area contributed by atoms with E-state index in [-0.39, 0.29) is 24.0 Å². The average molecular weight is 387 g/mol. The van der Waals surface area contributed by atoms with E-state index in [1.165, 1.54) is 12.1 Å². The van der Waals surface area contributed by atoms with Crippen molar-refractivity contribution in [2.45, 2.75) is 37.6 Å². The van der Waals surface area contributed by atoms with E-state index in [1.54, 1.807) is 4.90 Å². The van der Waals surface area contributed by atoms with Gasteiger partial charge in [0, 0.05) is 43.8 Å². The predicted molar refractivity (Wildman–Crippen MR) is 89.9 cm³/mol. The van der Waals surface area contributed by atoms with E-state index >= 15 is 0 Å². The summed E-state index contributed by atoms with van der Waals surface area (Å²) >= 11 is 5.75. The van der Waals surface area contributed by atoms with Crippen molar-refractivity contribution < 1.29 is 28.6 Å². The smallest absolute Gasteiger partial charge is 0.407 e. The number of hydrogen-bond acceptors (Lipinski definition) is 5. The number of benzene rings is 1. The second-order valence-electron chi connectivity index (χ2n) is 6.40. The van der Waals surface area contributed by atoms with E-state index in [0.29, 0.717) is 38.2 Å². The van der Waals surface area contributed by atoms with Crippen LogP contribution in [0.15, 0.2) is 18.2 Å². The summed E-state index contributed by atoms with van der Waals surface area (Å²) < 4.78 is 23.5. The molecule has 0 radical (unpaired) electrons. The lowest BCUT2D eigenvalue weighted by molar-refractivity contribution is -0.184. The third kappa shape index (κ3) is 4.25. The highest BCUT2D eigenvalue weighted by atomic mass is 35.5. The van der Waals surface area contributed by atoms with Crippen molar-refractivity contribution in [3.8, 4) is 0 Å². The number of hydrogen-bond donors (Lipinski definition) is 2. The van der Waals surface area contributed by atoms with Crippen LogP contribution in [0.1, 0.15) is 24.8 Å². The molecule has 0 aromatic heterocycles. The van der Waals surface area contributed by atoms with Crippen LogP contribution in [-0.4, -0.2) is 53.6 Å². The van der Waals surface area contributed by atoms with Gasteiger partial charge in [-0.05, 0) is 36.6 Å². The van der Waals surface area contributed by atoms with Gasteiger partial charge >= 0.3 is 6.09 Å². The molecule has 0 unspecified atom stereocenters. The van der Waals surface area contributed by atoms with Gasteiger partial charge < -0.3 is 24.8 Å². The number of carbonyl (C=O) groups is 2. The second kappa shape index (κ2) is 7.77. The van der Waals surface area contributed by atoms with Gasteiger partial charge in [-0.25, -0.2) is 9.18 Å². The van der Waals surface area contributed by atoms with Crippen molar-refractivity contribution in [3.05, 3.63) is 34.6 Å². The average Bonchev–Trinajstić information content (AvgIpc) is 2.88. The summed E-state index contributed by atoms with van der Waals surface area (Å²) in [5.74, 6) is -3.32. The number of nitrogens with one attached hydrogen (secondary N) is 1. The molecule has 1 aromatic rings. The Bertz CT molecular complexity index is 677. The zero-order valence-electron chi connectivity index (χ0n) is 14.0. The van der Waals surface area contributed by atoms with Crippen LogP contribution >= 0.6 is 11.6 Å². The molecule has 1 atom stereocenters. The van der Waals surface area contributed by atoms with Crippen molar-refractivity contribution in [2.75, 3.05) is 19.8 Å². The van der Waals surface area contributed by atoms with Gasteiger partial charge in [0.15, 0.2) is 0 Å². The lowest BCUT2D eigenvalue weighted by Gasteiger charge is -2.31. The maximum Gasteiger partial charge on any atom is 0.410 e. The molecular formula is C17H20ClFN2O5. The van der Waals surface area contributed by atoms with Crippen molar-refractivity contribution in [1.82, 2.24) is 10.2 Å². The molecule has 0 spiro atoms. The first kappa shape index (κ1) is 18.9. The molecule has 2 aliphatic rings. The highest BCUT2D eigenvalue weighted by Gasteiger charge is 2.51. The van der Waals surface area contributed by atoms with Crippen LogP contribution in [-0.2, 0) is 20.8 Å². The van der Waals surface area contributed by atoms with Crippen LogP contribution in [0.3, 0.4) is 0 Å². The van der Waals surface area contributed by atoms with Crippen molar-refractivity contribution in [1.29, 1.82) is 0 Å². The normalized spacial score (nSPS) is 24.0. The third-order valence-corrected chi connectivity index (χ3v) is 4.76. The molecule has 26 heavy (non-hydrogen) atoms. The predicted octanol–water partition coefficient (Wildman–Crippen LogP) is 1.81. The molecule has 2 amide bonds. The van der Waals surface area contributed by atoms with Crippen LogP contribution in [0.4, 0.5) is 9.18 Å². The Labute approximate surface area is 155 Å². The van der Waals surface area contributed by atoms with Crippen LogP contribution < -0.4 is 5.32 Å². The molecule has 2 fully saturated rings. The quantitative estimate of drug-likeness (QED) is 0.770. The molecule has 0 saturated carbocycles. The van der Waals surface area contributed by atoms with Crippen molar-refractivity contribution >= 4 is 23.6 Å². The third-order valence-electron chi connectivity index (χ3n) is 4.54. The van der Waals surface area contributed by atoms with Crippen LogP contribution in [0, 0.1) is 5.82 Å². The zero-order valence-corrected chi connectivity index (χ0v) is 14.8. The SMILES string of the molecule is O=C(NCc1cc(F)cc(Cl)c1)O[C@]1(O)CCN(C2CCOCC2)C1=O. The molecule has 0 aliphatic carbocycles. The van der Waals surface area contributed by atoms with Crippen LogP contribution in [0.5, 0.6) is 0 Å². The molecule has 9 heteroatoms. The molecule has 0 bridgehead atoms. The fourth-order valence-corrected chi connectivity index (χ4v) is 3.47. The summed E-state index contributed by atoms with van der Waals surface area (Å²) in [4.78, 5) is 26.0. The van der Waals surface area contributed by atoms with Gasteiger partial charge in [-0.2, -0.15) is 0 Å². The Morgan fingerprint density at radius 2 is 2.15 bits per heavy atom. The van der Waals surface area contributed by atoms with Gasteiger partial charge in [0.25, 0.3) is 11.7 Å². The minimum absolute atomic E-state index is 0.00238. The summed E-state index contributed by atoms with van der Waals surface area (Å²) in [7, 11) is 0. The number of amides is 2. The number of alkyl carbamates (subject to hydrolysis) is 1. The first-order valence-corrected chi connectivity index (χ1v) is 8.78. The maximum atomic E-state index is 13.3. The Hall–Kier alpha value is -1.90. The number of rotatable bonds is 4. The van der Waals surface area contributed by atoms with Gasteiger partial charge in [-0.15, -0.1) is 0 Å². The van der Waals surface area contributed by atoms with E-state index in [9.17, 15) is 19.1 Å². The fourth-order valence-electron chi connectivity index (χ4n) is 3.22. The maximum absolute atomic E-state index is 13.3. The summed E-state index contributed by atoms with van der Waals surface area (Å²) in [6.07, 6.45) is 0.417. The number of ether oxygens (including phenoxy) is 2. The topological polar surface area (TPSA) is 88.1 Å². The van der Waals surface area contributed by atoms with Gasteiger partial charge in [0.05, 0.1) is 0 Å². The first-order valence-electron chi connectivity index (χ1n) is 8.40. The summed E-state index contributed by atoms with van der Waals surface area (Å²) in [5, 5.41) is 13.0. The largest absolute Gasteiger partial charge is 0.410 e. The Morgan fingerprint density at radius 1 is 1.42 bits per heavy atom. The standard InChI is InChI=1S/C17H20ClFN2O5/c18-12-7-11(8-13(19)9-12)10-20-16(23)26-17(24)3-4-21(15(17)22)14-1-5-25-6-2-14/h7-9,14,24H,1-6,10H2,(H,20,23)/t17-/m1/s1. The second-order valence-corrected chi connectivity index (χ2v) is 6.83. The number of carbonyl (C=O) groups excluding carboxylic acids is 2. The monoisotopic (exact) mass is 386 g/mol. The Kier molecular flexibility index (Phi) is 5.64. The lowest BCUT2D eigenvalue weighted by atomic mass is 10.1. The molecule has 142 valence electrons. The van der Waals surface area contributed by atoms with E-state index in [1.807, 2.05) is 0 Å². The molecule has 2 heterocycles. The van der Waals surface area contributed by atoms with Crippen molar-refractivity contribution in [3.63, 3.8) is 0 Å². The van der Waals surface area contributed by atoms with Gasteiger partial charge in [0.1, 0.15) is 5.82 Å². The highest BCUT2D eigenvalue weighted by Crippen LogP contribution is 2.29. The highest BCUT2D eigenvalue weighted by molar-refractivity contribution is 6.30. The first-order chi connectivity index (χ1) is 12.4. The Morgan fingerprint density at radius 3 is 2.85 bits per heavy atom. The summed E-state index contributed by atoms with van der Waals surface area (Å²) in [6.45, 7) is 1.38. The number of likely N-dealkylation sites (tertiary alicyclic amines) is 1. The molecule has 2 N–H and O–H groups in total. The molecular weight excluding hydrogens is 367 g/mol. The van der Waals surface area contributed by atoms with Crippen molar-refractivity contribution in [2.24, 2.45) is 0 Å². The van der Waals surface area contributed by atoms with E-state index in [4.69, 9.17) is 21.1 Å². The molecule has 7 nitrogen and oxygen atoms in total. The van der Waals surface area contributed by atoms with E-state index in [0.717, 1.165) is 6.07 Å². The minimum atomic E-state index is -2.18. The number of nitrogens with zero attached hydrogens (tertiary/aromatic N) is 1. The minimum Gasteiger partial charge on any atom is -0.407 e. The molecule has 2 aliphatic heterocycles. The van der Waals surface area contributed by atoms with Crippen LogP contribution in [0.2, 0.25) is 5.02 Å². The fraction of sp³-hybridized carbons (Fsp3) is 0.529. The molecule has 3 rings (SSSR count). The molecule has 2 saturated heterocycles. The molecule has 1 aromatic carbocycles. The summed E-state index contributed by atoms with van der Waals surface area (Å²) in [5.41, 5.74) is 0.431.